The van der Waals surface area contributed by atoms with Gasteiger partial charge in [-0.2, -0.15) is 0 Å². The monoisotopic (exact) mass is 317 g/mol. The summed E-state index contributed by atoms with van der Waals surface area (Å²) in [5.41, 5.74) is 1.11. The topological polar surface area (TPSA) is 48.8 Å². The number of nitrogens with zero attached hydrogens (tertiary/aromatic N) is 3. The number of hydrogen-bond donors (Lipinski definition) is 0. The van der Waals surface area contributed by atoms with Crippen molar-refractivity contribution in [2.24, 2.45) is 7.05 Å². The first-order valence-corrected chi connectivity index (χ1v) is 7.78. The summed E-state index contributed by atoms with van der Waals surface area (Å²) in [5.74, 6) is 3.51. The van der Waals surface area contributed by atoms with Crippen LogP contribution in [0.5, 0.6) is 17.2 Å². The lowest BCUT2D eigenvalue weighted by atomic mass is 10.1. The normalized spacial score (nSPS) is 12.9. The van der Waals surface area contributed by atoms with Gasteiger partial charge in [-0.05, 0) is 26.1 Å². The molecule has 0 spiro atoms. The first-order valence-electron chi connectivity index (χ1n) is 7.78. The molecule has 0 fully saturated rings. The van der Waals surface area contributed by atoms with E-state index in [2.05, 4.69) is 21.5 Å². The molecular weight excluding hydrogens is 294 g/mol. The number of hydrogen-bond acceptors (Lipinski definition) is 5. The van der Waals surface area contributed by atoms with Crippen molar-refractivity contribution in [3.05, 3.63) is 35.9 Å². The fraction of sp³-hybridized carbons (Fsp3) is 0.471. The molecule has 2 heterocycles. The molecule has 1 aromatic carbocycles. The summed E-state index contributed by atoms with van der Waals surface area (Å²) in [6.45, 7) is 2.08. The molecule has 1 aliphatic heterocycles. The number of aromatic nitrogens is 2. The smallest absolute Gasteiger partial charge is 0.231 e. The van der Waals surface area contributed by atoms with Gasteiger partial charge in [0.2, 0.25) is 6.79 Å². The van der Waals surface area contributed by atoms with Gasteiger partial charge in [0, 0.05) is 44.0 Å². The summed E-state index contributed by atoms with van der Waals surface area (Å²) in [7, 11) is 5.83. The molecule has 0 N–H and O–H groups in total. The Balaban J connectivity index is 1.57. The Bertz CT molecular complexity index is 669. The molecule has 6 heteroatoms. The van der Waals surface area contributed by atoms with Gasteiger partial charge in [0.05, 0.1) is 7.11 Å². The maximum Gasteiger partial charge on any atom is 0.231 e. The Morgan fingerprint density at radius 1 is 1.30 bits per heavy atom. The van der Waals surface area contributed by atoms with Crippen LogP contribution in [0.2, 0.25) is 0 Å². The van der Waals surface area contributed by atoms with Crippen molar-refractivity contribution in [2.75, 3.05) is 27.5 Å². The molecule has 0 saturated heterocycles. The van der Waals surface area contributed by atoms with Crippen LogP contribution < -0.4 is 14.2 Å². The predicted octanol–water partition coefficient (Wildman–Crippen LogP) is 2.22. The molecular formula is C17H23N3O3. The number of ether oxygens (including phenoxy) is 3. The van der Waals surface area contributed by atoms with Crippen molar-refractivity contribution in [2.45, 2.75) is 19.4 Å². The van der Waals surface area contributed by atoms with Crippen LogP contribution in [0, 0.1) is 0 Å². The van der Waals surface area contributed by atoms with Crippen molar-refractivity contribution >= 4 is 0 Å². The van der Waals surface area contributed by atoms with E-state index in [0.717, 1.165) is 54.6 Å². The molecule has 6 nitrogen and oxygen atoms in total. The third-order valence-electron chi connectivity index (χ3n) is 4.08. The second-order valence-corrected chi connectivity index (χ2v) is 5.81. The highest BCUT2D eigenvalue weighted by molar-refractivity contribution is 5.51. The van der Waals surface area contributed by atoms with Crippen molar-refractivity contribution in [3.8, 4) is 17.2 Å². The second-order valence-electron chi connectivity index (χ2n) is 5.81. The van der Waals surface area contributed by atoms with Crippen molar-refractivity contribution in [1.82, 2.24) is 14.5 Å². The van der Waals surface area contributed by atoms with Gasteiger partial charge in [0.15, 0.2) is 11.5 Å². The van der Waals surface area contributed by atoms with E-state index in [0.29, 0.717) is 0 Å². The summed E-state index contributed by atoms with van der Waals surface area (Å²) < 4.78 is 18.4. The molecule has 0 bridgehead atoms. The second kappa shape index (κ2) is 6.91. The van der Waals surface area contributed by atoms with Crippen molar-refractivity contribution < 1.29 is 14.2 Å². The first kappa shape index (κ1) is 15.7. The molecule has 0 radical (unpaired) electrons. The third-order valence-corrected chi connectivity index (χ3v) is 4.08. The molecule has 0 unspecified atom stereocenters. The van der Waals surface area contributed by atoms with Crippen molar-refractivity contribution in [3.63, 3.8) is 0 Å². The van der Waals surface area contributed by atoms with Gasteiger partial charge in [-0.15, -0.1) is 0 Å². The Morgan fingerprint density at radius 3 is 2.78 bits per heavy atom. The van der Waals surface area contributed by atoms with Gasteiger partial charge >= 0.3 is 0 Å². The van der Waals surface area contributed by atoms with E-state index in [9.17, 15) is 0 Å². The first-order chi connectivity index (χ1) is 11.2. The van der Waals surface area contributed by atoms with Crippen LogP contribution in [-0.4, -0.2) is 41.9 Å². The molecule has 23 heavy (non-hydrogen) atoms. The van der Waals surface area contributed by atoms with E-state index in [-0.39, 0.29) is 6.79 Å². The van der Waals surface area contributed by atoms with E-state index < -0.39 is 0 Å². The summed E-state index contributed by atoms with van der Waals surface area (Å²) in [5, 5.41) is 0. The molecule has 1 aliphatic rings. The van der Waals surface area contributed by atoms with E-state index >= 15 is 0 Å². The zero-order valence-corrected chi connectivity index (χ0v) is 13.9. The molecule has 0 aliphatic carbocycles. The Morgan fingerprint density at radius 2 is 2.09 bits per heavy atom. The predicted molar refractivity (Wildman–Crippen MR) is 87.0 cm³/mol. The number of benzene rings is 1. The average Bonchev–Trinajstić information content (AvgIpc) is 3.15. The van der Waals surface area contributed by atoms with E-state index in [4.69, 9.17) is 14.2 Å². The zero-order chi connectivity index (χ0) is 16.2. The molecule has 2 aromatic rings. The molecule has 0 saturated carbocycles. The SMILES string of the molecule is COc1cc2c(cc1CN(C)CCCc1nccn1C)OCO2. The number of fused-ring (bicyclic) bond motifs is 1. The van der Waals surface area contributed by atoms with Crippen LogP contribution in [0.3, 0.4) is 0 Å². The fourth-order valence-electron chi connectivity index (χ4n) is 2.79. The highest BCUT2D eigenvalue weighted by atomic mass is 16.7. The summed E-state index contributed by atoms with van der Waals surface area (Å²) in [6.07, 6.45) is 5.87. The number of imidazole rings is 1. The molecule has 0 atom stereocenters. The van der Waals surface area contributed by atoms with E-state index in [1.54, 1.807) is 7.11 Å². The minimum Gasteiger partial charge on any atom is -0.496 e. The fourth-order valence-corrected chi connectivity index (χ4v) is 2.79. The Kier molecular flexibility index (Phi) is 4.71. The minimum atomic E-state index is 0.279. The molecule has 124 valence electrons. The van der Waals surface area contributed by atoms with Crippen LogP contribution >= 0.6 is 0 Å². The summed E-state index contributed by atoms with van der Waals surface area (Å²) in [4.78, 5) is 6.64. The van der Waals surface area contributed by atoms with Gasteiger partial charge in [-0.3, -0.25) is 0 Å². The summed E-state index contributed by atoms with van der Waals surface area (Å²) in [6, 6.07) is 3.91. The number of rotatable bonds is 7. The molecule has 3 rings (SSSR count). The van der Waals surface area contributed by atoms with Crippen LogP contribution in [0.4, 0.5) is 0 Å². The zero-order valence-electron chi connectivity index (χ0n) is 13.9. The summed E-state index contributed by atoms with van der Waals surface area (Å²) >= 11 is 0. The molecule has 0 amide bonds. The lowest BCUT2D eigenvalue weighted by Gasteiger charge is -2.18. The largest absolute Gasteiger partial charge is 0.496 e. The minimum absolute atomic E-state index is 0.279. The quantitative estimate of drug-likeness (QED) is 0.784. The van der Waals surface area contributed by atoms with Crippen molar-refractivity contribution in [1.29, 1.82) is 0 Å². The van der Waals surface area contributed by atoms with Crippen LogP contribution in [0.15, 0.2) is 24.5 Å². The third kappa shape index (κ3) is 3.59. The van der Waals surface area contributed by atoms with E-state index in [1.807, 2.05) is 31.6 Å². The maximum atomic E-state index is 5.48. The Hall–Kier alpha value is -2.21. The van der Waals surface area contributed by atoms with Crippen LogP contribution in [-0.2, 0) is 20.0 Å². The van der Waals surface area contributed by atoms with Gasteiger partial charge < -0.3 is 23.7 Å². The van der Waals surface area contributed by atoms with E-state index in [1.165, 1.54) is 0 Å². The van der Waals surface area contributed by atoms with Gasteiger partial charge in [-0.25, -0.2) is 4.98 Å². The average molecular weight is 317 g/mol. The molecule has 1 aromatic heterocycles. The highest BCUT2D eigenvalue weighted by Crippen LogP contribution is 2.38. The van der Waals surface area contributed by atoms with Crippen LogP contribution in [0.1, 0.15) is 17.8 Å². The Labute approximate surface area is 136 Å². The van der Waals surface area contributed by atoms with Gasteiger partial charge in [-0.1, -0.05) is 0 Å². The standard InChI is InChI=1S/C17H23N3O3/c1-19(7-4-5-17-18-6-8-20(17)2)11-13-9-15-16(23-12-22-15)10-14(13)21-3/h6,8-10H,4-5,7,11-12H2,1-3H3. The number of methoxy groups -OCH3 is 1. The number of aryl methyl sites for hydroxylation is 2. The maximum absolute atomic E-state index is 5.48. The van der Waals surface area contributed by atoms with Gasteiger partial charge in [0.25, 0.3) is 0 Å². The van der Waals surface area contributed by atoms with Gasteiger partial charge in [0.1, 0.15) is 11.6 Å². The van der Waals surface area contributed by atoms with Crippen LogP contribution in [0.25, 0.3) is 0 Å². The lowest BCUT2D eigenvalue weighted by molar-refractivity contribution is 0.174. The highest BCUT2D eigenvalue weighted by Gasteiger charge is 2.18. The lowest BCUT2D eigenvalue weighted by Crippen LogP contribution is -2.20.